The molecule has 2 N–H and O–H groups in total. The van der Waals surface area contributed by atoms with Crippen molar-refractivity contribution in [2.45, 2.75) is 45.6 Å². The lowest BCUT2D eigenvalue weighted by atomic mass is 9.84. The summed E-state index contributed by atoms with van der Waals surface area (Å²) in [5.41, 5.74) is 0.211. The highest BCUT2D eigenvalue weighted by Crippen LogP contribution is 2.29. The molecule has 0 atom stereocenters. The highest BCUT2D eigenvalue weighted by Gasteiger charge is 2.25. The Labute approximate surface area is 184 Å². The minimum atomic E-state index is -0.358. The van der Waals surface area contributed by atoms with Gasteiger partial charge in [-0.15, -0.1) is 24.0 Å². The van der Waals surface area contributed by atoms with Crippen LogP contribution in [0.3, 0.4) is 0 Å². The Morgan fingerprint density at radius 2 is 1.85 bits per heavy atom. The number of carbonyl (C=O) groups is 1. The first kappa shape index (κ1) is 25.9. The average molecular weight is 513 g/mol. The van der Waals surface area contributed by atoms with E-state index in [0.29, 0.717) is 17.5 Å². The third-order valence-electron chi connectivity index (χ3n) is 3.82. The Hall–Kier alpha value is -1.09. The molecule has 0 saturated carbocycles. The summed E-state index contributed by atoms with van der Waals surface area (Å²) in [5, 5.41) is 6.58. The van der Waals surface area contributed by atoms with Crippen molar-refractivity contribution in [2.75, 3.05) is 27.2 Å². The smallest absolute Gasteiger partial charge is 0.240 e. The standard InChI is InChI=1S/C19H30ClFN4O.HI/c1-18(2,3)24-16(26)11-25(7)17(22-6)23-12-19(4,5)14-9-8-13(21)10-15(14)20;/h8-10H,11-12H2,1-7H3,(H,22,23)(H,24,26);1H. The van der Waals surface area contributed by atoms with Crippen LogP contribution in [0.4, 0.5) is 4.39 Å². The van der Waals surface area contributed by atoms with Crippen molar-refractivity contribution < 1.29 is 9.18 Å². The molecule has 0 bridgehead atoms. The molecular formula is C19H31ClFIN4O. The van der Waals surface area contributed by atoms with E-state index >= 15 is 0 Å². The number of aliphatic imine (C=N–C) groups is 1. The van der Waals surface area contributed by atoms with Gasteiger partial charge >= 0.3 is 0 Å². The normalized spacial score (nSPS) is 12.3. The summed E-state index contributed by atoms with van der Waals surface area (Å²) in [5.74, 6) is 0.159. The number of nitrogens with zero attached hydrogens (tertiary/aromatic N) is 2. The van der Waals surface area contributed by atoms with Crippen molar-refractivity contribution in [1.82, 2.24) is 15.5 Å². The van der Waals surface area contributed by atoms with E-state index in [1.165, 1.54) is 12.1 Å². The molecule has 5 nitrogen and oxygen atoms in total. The molecule has 8 heteroatoms. The van der Waals surface area contributed by atoms with E-state index in [2.05, 4.69) is 15.6 Å². The fourth-order valence-corrected chi connectivity index (χ4v) is 2.99. The van der Waals surface area contributed by atoms with Crippen molar-refractivity contribution in [2.24, 2.45) is 4.99 Å². The Balaban J connectivity index is 0.00000676. The molecule has 27 heavy (non-hydrogen) atoms. The van der Waals surface area contributed by atoms with Crippen LogP contribution in [0.25, 0.3) is 0 Å². The predicted octanol–water partition coefficient (Wildman–Crippen LogP) is 3.80. The molecule has 1 aromatic carbocycles. The van der Waals surface area contributed by atoms with Gasteiger partial charge in [-0.25, -0.2) is 4.39 Å². The van der Waals surface area contributed by atoms with E-state index in [-0.39, 0.29) is 53.2 Å². The monoisotopic (exact) mass is 512 g/mol. The number of benzene rings is 1. The molecule has 154 valence electrons. The average Bonchev–Trinajstić information content (AvgIpc) is 2.44. The predicted molar refractivity (Wildman–Crippen MR) is 122 cm³/mol. The number of amides is 1. The van der Waals surface area contributed by atoms with Gasteiger partial charge in [0, 0.05) is 36.6 Å². The second-order valence-corrected chi connectivity index (χ2v) is 8.47. The first-order chi connectivity index (χ1) is 11.9. The van der Waals surface area contributed by atoms with Crippen molar-refractivity contribution in [3.8, 4) is 0 Å². The largest absolute Gasteiger partial charge is 0.355 e. The third-order valence-corrected chi connectivity index (χ3v) is 4.13. The molecule has 1 aromatic rings. The minimum absolute atomic E-state index is 0. The fourth-order valence-electron chi connectivity index (χ4n) is 2.57. The van der Waals surface area contributed by atoms with E-state index in [1.54, 1.807) is 25.1 Å². The summed E-state index contributed by atoms with van der Waals surface area (Å²) in [6.07, 6.45) is 0. The molecule has 1 rings (SSSR count). The Morgan fingerprint density at radius 1 is 1.26 bits per heavy atom. The van der Waals surface area contributed by atoms with Gasteiger partial charge in [0.25, 0.3) is 0 Å². The van der Waals surface area contributed by atoms with Crippen LogP contribution in [-0.2, 0) is 10.2 Å². The zero-order valence-corrected chi connectivity index (χ0v) is 20.2. The first-order valence-electron chi connectivity index (χ1n) is 8.54. The number of guanidine groups is 1. The van der Waals surface area contributed by atoms with Crippen LogP contribution in [0.15, 0.2) is 23.2 Å². The lowest BCUT2D eigenvalue weighted by Gasteiger charge is -2.30. The summed E-state index contributed by atoms with van der Waals surface area (Å²) in [7, 11) is 3.47. The van der Waals surface area contributed by atoms with Gasteiger partial charge < -0.3 is 15.5 Å². The molecule has 0 fully saturated rings. The van der Waals surface area contributed by atoms with Gasteiger partial charge in [0.1, 0.15) is 5.82 Å². The van der Waals surface area contributed by atoms with Crippen LogP contribution in [-0.4, -0.2) is 49.5 Å². The van der Waals surface area contributed by atoms with Crippen LogP contribution < -0.4 is 10.6 Å². The molecule has 0 heterocycles. The second-order valence-electron chi connectivity index (χ2n) is 8.06. The number of rotatable bonds is 5. The summed E-state index contributed by atoms with van der Waals surface area (Å²) in [6, 6.07) is 4.42. The lowest BCUT2D eigenvalue weighted by molar-refractivity contribution is -0.122. The number of hydrogen-bond donors (Lipinski definition) is 2. The van der Waals surface area contributed by atoms with Gasteiger partial charge in [0.15, 0.2) is 5.96 Å². The van der Waals surface area contributed by atoms with Crippen molar-refractivity contribution in [3.63, 3.8) is 0 Å². The van der Waals surface area contributed by atoms with E-state index < -0.39 is 0 Å². The van der Waals surface area contributed by atoms with Crippen LogP contribution >= 0.6 is 35.6 Å². The molecule has 1 amide bonds. The van der Waals surface area contributed by atoms with E-state index in [9.17, 15) is 9.18 Å². The van der Waals surface area contributed by atoms with E-state index in [1.807, 2.05) is 34.6 Å². The summed E-state index contributed by atoms with van der Waals surface area (Å²) in [6.45, 7) is 10.6. The SMILES string of the molecule is CN=C(NCC(C)(C)c1ccc(F)cc1Cl)N(C)CC(=O)NC(C)(C)C.I. The Morgan fingerprint density at radius 3 is 2.33 bits per heavy atom. The minimum Gasteiger partial charge on any atom is -0.355 e. The fraction of sp³-hybridized carbons (Fsp3) is 0.579. The molecule has 0 aliphatic carbocycles. The van der Waals surface area contributed by atoms with Gasteiger partial charge in [-0.05, 0) is 38.5 Å². The maximum absolute atomic E-state index is 13.3. The van der Waals surface area contributed by atoms with Crippen molar-refractivity contribution >= 4 is 47.4 Å². The number of likely N-dealkylation sites (N-methyl/N-ethyl adjacent to an activating group) is 1. The number of nitrogens with one attached hydrogen (secondary N) is 2. The number of carbonyl (C=O) groups excluding carboxylic acids is 1. The van der Waals surface area contributed by atoms with Crippen molar-refractivity contribution in [3.05, 3.63) is 34.6 Å². The molecule has 0 saturated heterocycles. The maximum Gasteiger partial charge on any atom is 0.240 e. The summed E-state index contributed by atoms with van der Waals surface area (Å²) in [4.78, 5) is 18.1. The van der Waals surface area contributed by atoms with Gasteiger partial charge in [-0.2, -0.15) is 0 Å². The van der Waals surface area contributed by atoms with E-state index in [4.69, 9.17) is 11.6 Å². The highest BCUT2D eigenvalue weighted by molar-refractivity contribution is 14.0. The molecule has 0 aromatic heterocycles. The van der Waals surface area contributed by atoms with Crippen LogP contribution in [0.1, 0.15) is 40.2 Å². The second kappa shape index (κ2) is 10.5. The Kier molecular flexibility index (Phi) is 10.0. The van der Waals surface area contributed by atoms with Crippen LogP contribution in [0.2, 0.25) is 5.02 Å². The Bertz CT molecular complexity index is 674. The van der Waals surface area contributed by atoms with Gasteiger partial charge in [-0.3, -0.25) is 9.79 Å². The third kappa shape index (κ3) is 8.64. The quantitative estimate of drug-likeness (QED) is 0.359. The number of hydrogen-bond acceptors (Lipinski definition) is 2. The molecule has 0 unspecified atom stereocenters. The van der Waals surface area contributed by atoms with Gasteiger partial charge in [-0.1, -0.05) is 31.5 Å². The molecular weight excluding hydrogens is 482 g/mol. The number of halogens is 3. The highest BCUT2D eigenvalue weighted by atomic mass is 127. The van der Waals surface area contributed by atoms with Crippen LogP contribution in [0, 0.1) is 5.82 Å². The maximum atomic E-state index is 13.3. The zero-order chi connectivity index (χ0) is 20.1. The molecule has 0 spiro atoms. The molecule has 0 aliphatic heterocycles. The summed E-state index contributed by atoms with van der Waals surface area (Å²) < 4.78 is 13.3. The van der Waals surface area contributed by atoms with Crippen molar-refractivity contribution in [1.29, 1.82) is 0 Å². The topological polar surface area (TPSA) is 56.7 Å². The lowest BCUT2D eigenvalue weighted by Crippen LogP contribution is -2.50. The van der Waals surface area contributed by atoms with Gasteiger partial charge in [0.2, 0.25) is 5.91 Å². The first-order valence-corrected chi connectivity index (χ1v) is 8.92. The van der Waals surface area contributed by atoms with E-state index in [0.717, 1.165) is 5.56 Å². The molecule has 0 aliphatic rings. The summed E-state index contributed by atoms with van der Waals surface area (Å²) >= 11 is 6.19. The zero-order valence-electron chi connectivity index (χ0n) is 17.1. The van der Waals surface area contributed by atoms with Crippen LogP contribution in [0.5, 0.6) is 0 Å². The molecule has 0 radical (unpaired) electrons. The van der Waals surface area contributed by atoms with Gasteiger partial charge in [0.05, 0.1) is 6.54 Å².